The number of benzene rings is 1. The van der Waals surface area contributed by atoms with Gasteiger partial charge in [0.15, 0.2) is 0 Å². The molecule has 0 aromatic heterocycles. The van der Waals surface area contributed by atoms with E-state index in [0.717, 1.165) is 18.7 Å². The molecule has 0 aliphatic rings. The van der Waals surface area contributed by atoms with Crippen molar-refractivity contribution in [3.8, 4) is 6.07 Å². The summed E-state index contributed by atoms with van der Waals surface area (Å²) in [6, 6.07) is 10.5. The molecule has 16 heavy (non-hydrogen) atoms. The van der Waals surface area contributed by atoms with Crippen molar-refractivity contribution in [1.82, 2.24) is 0 Å². The van der Waals surface area contributed by atoms with Gasteiger partial charge in [-0.2, -0.15) is 5.26 Å². The van der Waals surface area contributed by atoms with E-state index < -0.39 is 0 Å². The summed E-state index contributed by atoms with van der Waals surface area (Å²) in [4.78, 5) is 2.07. The SMILES string of the molecule is CCC(N)c1ccc(N(C)CCC#N)cc1. The highest BCUT2D eigenvalue weighted by Gasteiger charge is 2.04. The molecular formula is C13H19N3. The topological polar surface area (TPSA) is 53.0 Å². The van der Waals surface area contributed by atoms with Crippen molar-refractivity contribution in [3.05, 3.63) is 29.8 Å². The molecule has 1 aromatic carbocycles. The summed E-state index contributed by atoms with van der Waals surface area (Å²) >= 11 is 0. The van der Waals surface area contributed by atoms with Gasteiger partial charge in [-0.15, -0.1) is 0 Å². The van der Waals surface area contributed by atoms with Crippen LogP contribution in [0.15, 0.2) is 24.3 Å². The average Bonchev–Trinajstić information content (AvgIpc) is 2.35. The third-order valence-electron chi connectivity index (χ3n) is 2.76. The second-order valence-electron chi connectivity index (χ2n) is 3.94. The fourth-order valence-electron chi connectivity index (χ4n) is 1.56. The number of anilines is 1. The van der Waals surface area contributed by atoms with E-state index in [1.807, 2.05) is 7.05 Å². The van der Waals surface area contributed by atoms with E-state index in [4.69, 9.17) is 11.0 Å². The van der Waals surface area contributed by atoms with Gasteiger partial charge in [0.1, 0.15) is 0 Å². The second-order valence-corrected chi connectivity index (χ2v) is 3.94. The van der Waals surface area contributed by atoms with Crippen molar-refractivity contribution in [2.24, 2.45) is 5.73 Å². The van der Waals surface area contributed by atoms with Crippen LogP contribution in [0, 0.1) is 11.3 Å². The number of hydrogen-bond acceptors (Lipinski definition) is 3. The van der Waals surface area contributed by atoms with Crippen molar-refractivity contribution in [2.45, 2.75) is 25.8 Å². The molecule has 0 radical (unpaired) electrons. The molecule has 0 aliphatic heterocycles. The summed E-state index contributed by atoms with van der Waals surface area (Å²) < 4.78 is 0. The normalized spacial score (nSPS) is 11.9. The van der Waals surface area contributed by atoms with E-state index >= 15 is 0 Å². The summed E-state index contributed by atoms with van der Waals surface area (Å²) in [6.45, 7) is 2.84. The molecular weight excluding hydrogens is 198 g/mol. The van der Waals surface area contributed by atoms with Crippen molar-refractivity contribution in [3.63, 3.8) is 0 Å². The Hall–Kier alpha value is -1.53. The smallest absolute Gasteiger partial charge is 0.0640 e. The van der Waals surface area contributed by atoms with Crippen LogP contribution in [-0.4, -0.2) is 13.6 Å². The van der Waals surface area contributed by atoms with Gasteiger partial charge in [-0.1, -0.05) is 19.1 Å². The van der Waals surface area contributed by atoms with Crippen molar-refractivity contribution in [2.75, 3.05) is 18.5 Å². The van der Waals surface area contributed by atoms with Gasteiger partial charge in [0.2, 0.25) is 0 Å². The Labute approximate surface area is 97.5 Å². The number of nitrogens with two attached hydrogens (primary N) is 1. The maximum absolute atomic E-state index is 8.52. The zero-order valence-corrected chi connectivity index (χ0v) is 9.98. The Morgan fingerprint density at radius 2 is 2.00 bits per heavy atom. The highest BCUT2D eigenvalue weighted by molar-refractivity contribution is 5.47. The van der Waals surface area contributed by atoms with Gasteiger partial charge in [-0.05, 0) is 24.1 Å². The minimum Gasteiger partial charge on any atom is -0.374 e. The lowest BCUT2D eigenvalue weighted by atomic mass is 10.1. The number of nitrogens with zero attached hydrogens (tertiary/aromatic N) is 2. The van der Waals surface area contributed by atoms with Crippen LogP contribution in [0.4, 0.5) is 5.69 Å². The summed E-state index contributed by atoms with van der Waals surface area (Å²) in [5, 5.41) is 8.52. The number of hydrogen-bond donors (Lipinski definition) is 1. The number of rotatable bonds is 5. The van der Waals surface area contributed by atoms with Gasteiger partial charge in [0.25, 0.3) is 0 Å². The zero-order chi connectivity index (χ0) is 12.0. The fraction of sp³-hybridized carbons (Fsp3) is 0.462. The maximum Gasteiger partial charge on any atom is 0.0640 e. The highest BCUT2D eigenvalue weighted by Crippen LogP contribution is 2.18. The molecule has 0 saturated heterocycles. The Kier molecular flexibility index (Phi) is 4.81. The summed E-state index contributed by atoms with van der Waals surface area (Å²) in [5.74, 6) is 0. The zero-order valence-electron chi connectivity index (χ0n) is 9.98. The summed E-state index contributed by atoms with van der Waals surface area (Å²) in [5.41, 5.74) is 8.24. The van der Waals surface area contributed by atoms with Gasteiger partial charge in [-0.3, -0.25) is 0 Å². The molecule has 1 rings (SSSR count). The Bertz CT molecular complexity index is 350. The molecule has 0 spiro atoms. The first kappa shape index (κ1) is 12.5. The van der Waals surface area contributed by atoms with E-state index in [0.29, 0.717) is 6.42 Å². The van der Waals surface area contributed by atoms with E-state index in [-0.39, 0.29) is 6.04 Å². The minimum absolute atomic E-state index is 0.124. The van der Waals surface area contributed by atoms with Gasteiger partial charge < -0.3 is 10.6 Å². The molecule has 0 bridgehead atoms. The van der Waals surface area contributed by atoms with Crippen LogP contribution in [0.25, 0.3) is 0 Å². The lowest BCUT2D eigenvalue weighted by Gasteiger charge is -2.18. The van der Waals surface area contributed by atoms with Gasteiger partial charge in [0.05, 0.1) is 12.5 Å². The van der Waals surface area contributed by atoms with Gasteiger partial charge >= 0.3 is 0 Å². The average molecular weight is 217 g/mol. The van der Waals surface area contributed by atoms with Crippen molar-refractivity contribution in [1.29, 1.82) is 5.26 Å². The van der Waals surface area contributed by atoms with Crippen LogP contribution in [0.5, 0.6) is 0 Å². The maximum atomic E-state index is 8.52. The largest absolute Gasteiger partial charge is 0.374 e. The first-order valence-corrected chi connectivity index (χ1v) is 5.62. The molecule has 3 heteroatoms. The van der Waals surface area contributed by atoms with Crippen LogP contribution in [0.2, 0.25) is 0 Å². The van der Waals surface area contributed by atoms with Gasteiger partial charge in [-0.25, -0.2) is 0 Å². The first-order chi connectivity index (χ1) is 7.69. The fourth-order valence-corrected chi connectivity index (χ4v) is 1.56. The summed E-state index contributed by atoms with van der Waals surface area (Å²) in [6.07, 6.45) is 1.50. The third kappa shape index (κ3) is 3.25. The molecule has 86 valence electrons. The minimum atomic E-state index is 0.124. The molecule has 0 heterocycles. The first-order valence-electron chi connectivity index (χ1n) is 5.62. The third-order valence-corrected chi connectivity index (χ3v) is 2.76. The Morgan fingerprint density at radius 3 is 2.50 bits per heavy atom. The quantitative estimate of drug-likeness (QED) is 0.824. The molecule has 0 saturated carbocycles. The predicted molar refractivity (Wildman–Crippen MR) is 67.2 cm³/mol. The molecule has 1 unspecified atom stereocenters. The lowest BCUT2D eigenvalue weighted by molar-refractivity contribution is 0.698. The Morgan fingerprint density at radius 1 is 1.38 bits per heavy atom. The van der Waals surface area contributed by atoms with E-state index in [1.165, 1.54) is 5.56 Å². The lowest BCUT2D eigenvalue weighted by Crippen LogP contribution is -2.18. The van der Waals surface area contributed by atoms with Crippen molar-refractivity contribution >= 4 is 5.69 Å². The van der Waals surface area contributed by atoms with Crippen LogP contribution >= 0.6 is 0 Å². The van der Waals surface area contributed by atoms with E-state index in [2.05, 4.69) is 42.2 Å². The molecule has 2 N–H and O–H groups in total. The van der Waals surface area contributed by atoms with E-state index in [9.17, 15) is 0 Å². The molecule has 0 fully saturated rings. The Balaban J connectivity index is 2.67. The molecule has 1 aromatic rings. The summed E-state index contributed by atoms with van der Waals surface area (Å²) in [7, 11) is 1.99. The van der Waals surface area contributed by atoms with E-state index in [1.54, 1.807) is 0 Å². The highest BCUT2D eigenvalue weighted by atomic mass is 15.1. The van der Waals surface area contributed by atoms with Crippen LogP contribution in [0.1, 0.15) is 31.4 Å². The monoisotopic (exact) mass is 217 g/mol. The molecule has 0 aliphatic carbocycles. The molecule has 0 amide bonds. The standard InChI is InChI=1S/C13H19N3/c1-3-13(15)11-5-7-12(8-6-11)16(2)10-4-9-14/h5-8,13H,3-4,10,15H2,1-2H3. The van der Waals surface area contributed by atoms with Crippen LogP contribution < -0.4 is 10.6 Å². The second kappa shape index (κ2) is 6.14. The van der Waals surface area contributed by atoms with Crippen LogP contribution in [0.3, 0.4) is 0 Å². The molecule has 3 nitrogen and oxygen atoms in total. The van der Waals surface area contributed by atoms with Crippen molar-refractivity contribution < 1.29 is 0 Å². The molecule has 1 atom stereocenters. The van der Waals surface area contributed by atoms with Crippen LogP contribution in [-0.2, 0) is 0 Å². The number of nitriles is 1. The van der Waals surface area contributed by atoms with Gasteiger partial charge in [0, 0.05) is 25.3 Å². The predicted octanol–water partition coefficient (Wildman–Crippen LogP) is 2.45.